The van der Waals surface area contributed by atoms with Crippen LogP contribution in [0, 0.1) is 17.6 Å². The molecular weight excluding hydrogens is 614 g/mol. The summed E-state index contributed by atoms with van der Waals surface area (Å²) in [5.41, 5.74) is 2.10. The third kappa shape index (κ3) is 4.74. The molecule has 3 atom stereocenters. The summed E-state index contributed by atoms with van der Waals surface area (Å²) in [4.78, 5) is 2.18. The largest absolute Gasteiger partial charge is 0.280 e. The number of benzene rings is 3. The summed E-state index contributed by atoms with van der Waals surface area (Å²) in [6.45, 7) is 1.97. The van der Waals surface area contributed by atoms with E-state index >= 15 is 0 Å². The van der Waals surface area contributed by atoms with Crippen molar-refractivity contribution in [1.29, 1.82) is 0 Å². The molecule has 0 N–H and O–H groups in total. The molecular formula is C25H22Cl2F2INO2S. The van der Waals surface area contributed by atoms with Crippen molar-refractivity contribution in [2.75, 3.05) is 12.8 Å². The zero-order valence-corrected chi connectivity index (χ0v) is 22.8. The summed E-state index contributed by atoms with van der Waals surface area (Å²) in [6, 6.07) is 17.8. The fourth-order valence-corrected chi connectivity index (χ4v) is 7.89. The van der Waals surface area contributed by atoms with Crippen molar-refractivity contribution >= 4 is 55.6 Å². The van der Waals surface area contributed by atoms with E-state index in [0.29, 0.717) is 16.6 Å². The minimum absolute atomic E-state index is 0.119. The van der Waals surface area contributed by atoms with Gasteiger partial charge >= 0.3 is 0 Å². The average molecular weight is 636 g/mol. The van der Waals surface area contributed by atoms with Crippen molar-refractivity contribution < 1.29 is 17.2 Å². The molecule has 0 saturated carbocycles. The maximum atomic E-state index is 14.1. The third-order valence-corrected chi connectivity index (χ3v) is 10.8. The first kappa shape index (κ1) is 25.8. The Morgan fingerprint density at radius 2 is 1.38 bits per heavy atom. The second-order valence-corrected chi connectivity index (χ2v) is 13.3. The number of halogens is 5. The van der Waals surface area contributed by atoms with Crippen LogP contribution in [-0.2, 0) is 14.6 Å². The molecule has 1 fully saturated rings. The van der Waals surface area contributed by atoms with Crippen LogP contribution in [0.2, 0.25) is 10.0 Å². The van der Waals surface area contributed by atoms with Crippen LogP contribution in [0.3, 0.4) is 0 Å². The van der Waals surface area contributed by atoms with Gasteiger partial charge in [0.25, 0.3) is 0 Å². The molecule has 3 aromatic carbocycles. The summed E-state index contributed by atoms with van der Waals surface area (Å²) >= 11 is 14.4. The van der Waals surface area contributed by atoms with Crippen LogP contribution < -0.4 is 0 Å². The first-order chi connectivity index (χ1) is 15.9. The van der Waals surface area contributed by atoms with Crippen molar-refractivity contribution in [1.82, 2.24) is 4.90 Å². The monoisotopic (exact) mass is 635 g/mol. The zero-order chi connectivity index (χ0) is 24.8. The number of likely N-dealkylation sites (tertiary alicyclic amines) is 1. The Kier molecular flexibility index (Phi) is 7.33. The molecule has 1 aliphatic heterocycles. The van der Waals surface area contributed by atoms with Crippen molar-refractivity contribution in [3.8, 4) is 0 Å². The molecule has 0 aliphatic carbocycles. The summed E-state index contributed by atoms with van der Waals surface area (Å²) in [5.74, 6) is -2.00. The third-order valence-electron chi connectivity index (χ3n) is 6.67. The Hall–Kier alpha value is -1.26. The van der Waals surface area contributed by atoms with Crippen LogP contribution in [0.5, 0.6) is 0 Å². The Morgan fingerprint density at radius 3 is 1.76 bits per heavy atom. The van der Waals surface area contributed by atoms with Crippen LogP contribution >= 0.6 is 45.8 Å². The van der Waals surface area contributed by atoms with Gasteiger partial charge in [0.15, 0.2) is 9.84 Å². The van der Waals surface area contributed by atoms with Gasteiger partial charge in [0.2, 0.25) is 0 Å². The fourth-order valence-electron chi connectivity index (χ4n) is 4.60. The quantitative estimate of drug-likeness (QED) is 0.166. The SMILES string of the molecule is CC(c1cc(F)cc(F)c1)(C1CN(C(c2ccc(Cl)cc2)c2ccc(Cl)cc2)C1I)S(C)(=O)=O. The molecule has 3 nitrogen and oxygen atoms in total. The minimum Gasteiger partial charge on any atom is -0.280 e. The first-order valence-corrected chi connectivity index (χ1v) is 14.4. The lowest BCUT2D eigenvalue weighted by molar-refractivity contribution is 0.0308. The molecule has 1 saturated heterocycles. The van der Waals surface area contributed by atoms with Crippen molar-refractivity contribution in [3.63, 3.8) is 0 Å². The number of sulfone groups is 1. The Balaban J connectivity index is 1.75. The van der Waals surface area contributed by atoms with Gasteiger partial charge in [-0.1, -0.05) is 70.1 Å². The van der Waals surface area contributed by atoms with Gasteiger partial charge in [-0.2, -0.15) is 0 Å². The molecule has 0 radical (unpaired) electrons. The molecule has 1 aliphatic rings. The predicted molar refractivity (Wildman–Crippen MR) is 141 cm³/mol. The summed E-state index contributed by atoms with van der Waals surface area (Å²) in [7, 11) is -3.73. The summed E-state index contributed by atoms with van der Waals surface area (Å²) < 4.78 is 52.5. The average Bonchev–Trinajstić information content (AvgIpc) is 2.76. The lowest BCUT2D eigenvalue weighted by atomic mass is 9.79. The molecule has 9 heteroatoms. The molecule has 34 heavy (non-hydrogen) atoms. The van der Waals surface area contributed by atoms with Crippen molar-refractivity contribution in [3.05, 3.63) is 105 Å². The maximum Gasteiger partial charge on any atom is 0.157 e. The number of hydrogen-bond donors (Lipinski definition) is 0. The van der Waals surface area contributed by atoms with Crippen LogP contribution in [0.15, 0.2) is 66.7 Å². The molecule has 0 spiro atoms. The molecule has 180 valence electrons. The highest BCUT2D eigenvalue weighted by molar-refractivity contribution is 14.1. The minimum atomic E-state index is -3.73. The highest BCUT2D eigenvalue weighted by atomic mass is 127. The predicted octanol–water partition coefficient (Wildman–Crippen LogP) is 7.01. The zero-order valence-electron chi connectivity index (χ0n) is 18.4. The van der Waals surface area contributed by atoms with E-state index in [1.165, 1.54) is 0 Å². The Labute approximate surface area is 222 Å². The molecule has 3 unspecified atom stereocenters. The van der Waals surface area contributed by atoms with Gasteiger partial charge in [-0.05, 0) is 60.0 Å². The standard InChI is InChI=1S/C25H22Cl2F2INO2S/c1-25(34(2,32)33,17-11-20(28)13-21(29)12-17)22-14-31(24(22)30)23(15-3-7-18(26)8-4-15)16-5-9-19(27)10-6-16/h3-13,22-24H,14H2,1-2H3. The lowest BCUT2D eigenvalue weighted by Crippen LogP contribution is -2.62. The van der Waals surface area contributed by atoms with E-state index in [4.69, 9.17) is 23.2 Å². The van der Waals surface area contributed by atoms with Crippen molar-refractivity contribution in [2.24, 2.45) is 5.92 Å². The number of hydrogen-bond acceptors (Lipinski definition) is 3. The van der Waals surface area contributed by atoms with Crippen LogP contribution in [0.25, 0.3) is 0 Å². The highest BCUT2D eigenvalue weighted by Crippen LogP contribution is 2.51. The van der Waals surface area contributed by atoms with Gasteiger partial charge < -0.3 is 0 Å². The normalized spacial score (nSPS) is 20.7. The number of alkyl halides is 1. The molecule has 4 rings (SSSR count). The number of rotatable bonds is 6. The van der Waals surface area contributed by atoms with Gasteiger partial charge in [-0.25, -0.2) is 17.2 Å². The number of nitrogens with zero attached hydrogens (tertiary/aromatic N) is 1. The summed E-state index contributed by atoms with van der Waals surface area (Å²) in [5, 5.41) is 1.23. The molecule has 1 heterocycles. The van der Waals surface area contributed by atoms with E-state index in [-0.39, 0.29) is 15.7 Å². The van der Waals surface area contributed by atoms with Gasteiger partial charge in [0.05, 0.1) is 10.1 Å². The lowest BCUT2D eigenvalue weighted by Gasteiger charge is -2.55. The van der Waals surface area contributed by atoms with Gasteiger partial charge in [-0.3, -0.25) is 4.90 Å². The second-order valence-electron chi connectivity index (χ2n) is 8.72. The Bertz CT molecular complexity index is 1240. The van der Waals surface area contributed by atoms with Crippen molar-refractivity contribution in [2.45, 2.75) is 21.8 Å². The second kappa shape index (κ2) is 9.65. The van der Waals surface area contributed by atoms with E-state index in [0.717, 1.165) is 35.6 Å². The smallest absolute Gasteiger partial charge is 0.157 e. The van der Waals surface area contributed by atoms with Crippen LogP contribution in [-0.4, -0.2) is 30.2 Å². The molecule has 0 bridgehead atoms. The van der Waals surface area contributed by atoms with E-state index in [1.807, 2.05) is 48.5 Å². The first-order valence-electron chi connectivity index (χ1n) is 10.5. The molecule has 0 aromatic heterocycles. The van der Waals surface area contributed by atoms with Crippen LogP contribution in [0.4, 0.5) is 8.78 Å². The van der Waals surface area contributed by atoms with E-state index in [1.54, 1.807) is 6.92 Å². The van der Waals surface area contributed by atoms with Gasteiger partial charge in [0.1, 0.15) is 16.4 Å². The molecule has 0 amide bonds. The Morgan fingerprint density at radius 1 is 0.941 bits per heavy atom. The van der Waals surface area contributed by atoms with Gasteiger partial charge in [0, 0.05) is 34.8 Å². The molecule has 3 aromatic rings. The highest BCUT2D eigenvalue weighted by Gasteiger charge is 2.56. The maximum absolute atomic E-state index is 14.1. The van der Waals surface area contributed by atoms with E-state index in [9.17, 15) is 17.2 Å². The van der Waals surface area contributed by atoms with E-state index < -0.39 is 32.1 Å². The fraction of sp³-hybridized carbons (Fsp3) is 0.280. The van der Waals surface area contributed by atoms with Gasteiger partial charge in [-0.15, -0.1) is 0 Å². The topological polar surface area (TPSA) is 37.4 Å². The van der Waals surface area contributed by atoms with E-state index in [2.05, 4.69) is 27.5 Å². The summed E-state index contributed by atoms with van der Waals surface area (Å²) in [6.07, 6.45) is 1.12. The van der Waals surface area contributed by atoms with Crippen LogP contribution in [0.1, 0.15) is 29.7 Å².